The standard InChI is InChI=1S/C15H21NO2/c17-10-5-4-8-15-13-16(9-11-18-15)12-14-6-2-1-3-7-14/h1-4,6-8,15,17H,5,9-13H2/b8-4+. The molecule has 0 amide bonds. The lowest BCUT2D eigenvalue weighted by Gasteiger charge is -2.31. The number of aliphatic hydroxyl groups is 1. The molecule has 1 fully saturated rings. The zero-order valence-corrected chi connectivity index (χ0v) is 10.7. The second-order valence-electron chi connectivity index (χ2n) is 4.57. The minimum atomic E-state index is 0.161. The van der Waals surface area contributed by atoms with Crippen LogP contribution in [0.5, 0.6) is 0 Å². The molecule has 0 bridgehead atoms. The van der Waals surface area contributed by atoms with Crippen molar-refractivity contribution in [3.63, 3.8) is 0 Å². The summed E-state index contributed by atoms with van der Waals surface area (Å²) in [5, 5.41) is 8.74. The normalized spacial score (nSPS) is 21.5. The van der Waals surface area contributed by atoms with Crippen molar-refractivity contribution in [2.75, 3.05) is 26.3 Å². The van der Waals surface area contributed by atoms with Crippen LogP contribution in [0.15, 0.2) is 42.5 Å². The molecular formula is C15H21NO2. The maximum absolute atomic E-state index is 8.74. The van der Waals surface area contributed by atoms with E-state index in [4.69, 9.17) is 9.84 Å². The van der Waals surface area contributed by atoms with E-state index in [9.17, 15) is 0 Å². The summed E-state index contributed by atoms with van der Waals surface area (Å²) in [6, 6.07) is 10.5. The molecule has 1 aliphatic heterocycles. The Bertz CT molecular complexity index is 364. The maximum atomic E-state index is 8.74. The van der Waals surface area contributed by atoms with E-state index in [0.29, 0.717) is 6.42 Å². The molecule has 0 radical (unpaired) electrons. The number of rotatable bonds is 5. The summed E-state index contributed by atoms with van der Waals surface area (Å²) in [6.07, 6.45) is 4.93. The minimum Gasteiger partial charge on any atom is -0.396 e. The summed E-state index contributed by atoms with van der Waals surface area (Å²) >= 11 is 0. The predicted octanol–water partition coefficient (Wildman–Crippen LogP) is 1.83. The minimum absolute atomic E-state index is 0.161. The Labute approximate surface area is 109 Å². The molecule has 98 valence electrons. The molecule has 2 rings (SSSR count). The third kappa shape index (κ3) is 4.26. The summed E-state index contributed by atoms with van der Waals surface area (Å²) in [6.45, 7) is 3.88. The van der Waals surface area contributed by atoms with Crippen LogP contribution >= 0.6 is 0 Å². The first kappa shape index (κ1) is 13.3. The quantitative estimate of drug-likeness (QED) is 0.806. The molecule has 1 N–H and O–H groups in total. The van der Waals surface area contributed by atoms with Crippen LogP contribution in [0.25, 0.3) is 0 Å². The van der Waals surface area contributed by atoms with Gasteiger partial charge in [0, 0.05) is 26.2 Å². The van der Waals surface area contributed by atoms with Crippen molar-refractivity contribution in [1.82, 2.24) is 4.90 Å². The fraction of sp³-hybridized carbons (Fsp3) is 0.467. The Kier molecular flexibility index (Phi) is 5.39. The van der Waals surface area contributed by atoms with Crippen LogP contribution in [-0.2, 0) is 11.3 Å². The number of hydrogen-bond acceptors (Lipinski definition) is 3. The summed E-state index contributed by atoms with van der Waals surface area (Å²) in [5.74, 6) is 0. The Morgan fingerprint density at radius 2 is 2.17 bits per heavy atom. The molecule has 0 aliphatic carbocycles. The lowest BCUT2D eigenvalue weighted by molar-refractivity contribution is -0.00662. The molecule has 0 aromatic heterocycles. The van der Waals surface area contributed by atoms with Crippen LogP contribution in [0, 0.1) is 0 Å². The molecule has 1 aromatic rings. The first-order valence-corrected chi connectivity index (χ1v) is 6.54. The van der Waals surface area contributed by atoms with Gasteiger partial charge in [-0.05, 0) is 12.0 Å². The van der Waals surface area contributed by atoms with E-state index in [-0.39, 0.29) is 12.7 Å². The molecule has 0 spiro atoms. The number of hydrogen-bond donors (Lipinski definition) is 1. The van der Waals surface area contributed by atoms with Crippen LogP contribution in [0.3, 0.4) is 0 Å². The van der Waals surface area contributed by atoms with Gasteiger partial charge in [-0.25, -0.2) is 0 Å². The van der Waals surface area contributed by atoms with Gasteiger partial charge in [0.05, 0.1) is 12.7 Å². The zero-order valence-electron chi connectivity index (χ0n) is 10.7. The van der Waals surface area contributed by atoms with Crippen LogP contribution in [-0.4, -0.2) is 42.4 Å². The van der Waals surface area contributed by atoms with Crippen molar-refractivity contribution in [2.45, 2.75) is 19.1 Å². The average molecular weight is 247 g/mol. The van der Waals surface area contributed by atoms with Crippen LogP contribution < -0.4 is 0 Å². The monoisotopic (exact) mass is 247 g/mol. The maximum Gasteiger partial charge on any atom is 0.0883 e. The molecule has 3 nitrogen and oxygen atoms in total. The van der Waals surface area contributed by atoms with Gasteiger partial charge in [-0.2, -0.15) is 0 Å². The topological polar surface area (TPSA) is 32.7 Å². The first-order chi connectivity index (χ1) is 8.88. The van der Waals surface area contributed by atoms with Gasteiger partial charge in [0.1, 0.15) is 0 Å². The lowest BCUT2D eigenvalue weighted by atomic mass is 10.2. The third-order valence-corrected chi connectivity index (χ3v) is 3.07. The van der Waals surface area contributed by atoms with Gasteiger partial charge in [-0.15, -0.1) is 0 Å². The van der Waals surface area contributed by atoms with Gasteiger partial charge in [0.2, 0.25) is 0 Å². The lowest BCUT2D eigenvalue weighted by Crippen LogP contribution is -2.41. The highest BCUT2D eigenvalue weighted by Gasteiger charge is 2.17. The Morgan fingerprint density at radius 3 is 2.94 bits per heavy atom. The van der Waals surface area contributed by atoms with Gasteiger partial charge >= 0.3 is 0 Å². The zero-order chi connectivity index (χ0) is 12.6. The first-order valence-electron chi connectivity index (χ1n) is 6.54. The van der Waals surface area contributed by atoms with Crippen molar-refractivity contribution in [2.24, 2.45) is 0 Å². The fourth-order valence-electron chi connectivity index (χ4n) is 2.16. The molecule has 1 unspecified atom stereocenters. The second-order valence-corrected chi connectivity index (χ2v) is 4.57. The van der Waals surface area contributed by atoms with Crippen molar-refractivity contribution in [3.8, 4) is 0 Å². The van der Waals surface area contributed by atoms with E-state index < -0.39 is 0 Å². The third-order valence-electron chi connectivity index (χ3n) is 3.07. The number of benzene rings is 1. The second kappa shape index (κ2) is 7.31. The molecule has 0 saturated carbocycles. The van der Waals surface area contributed by atoms with Crippen molar-refractivity contribution in [3.05, 3.63) is 48.0 Å². The van der Waals surface area contributed by atoms with E-state index in [1.54, 1.807) is 0 Å². The molecule has 1 aromatic carbocycles. The van der Waals surface area contributed by atoms with Gasteiger partial charge < -0.3 is 9.84 Å². The van der Waals surface area contributed by atoms with Crippen molar-refractivity contribution >= 4 is 0 Å². The highest BCUT2D eigenvalue weighted by Crippen LogP contribution is 2.11. The van der Waals surface area contributed by atoms with E-state index in [2.05, 4.69) is 35.2 Å². The smallest absolute Gasteiger partial charge is 0.0883 e. The van der Waals surface area contributed by atoms with Crippen LogP contribution in [0.4, 0.5) is 0 Å². The molecular weight excluding hydrogens is 226 g/mol. The molecule has 1 aliphatic rings. The number of nitrogens with zero attached hydrogens (tertiary/aromatic N) is 1. The molecule has 1 saturated heterocycles. The number of ether oxygens (including phenoxy) is 1. The summed E-state index contributed by atoms with van der Waals surface area (Å²) in [7, 11) is 0. The molecule has 1 heterocycles. The highest BCUT2D eigenvalue weighted by molar-refractivity contribution is 5.14. The molecule has 18 heavy (non-hydrogen) atoms. The van der Waals surface area contributed by atoms with Gasteiger partial charge in [-0.3, -0.25) is 4.90 Å². The van der Waals surface area contributed by atoms with E-state index in [1.165, 1.54) is 5.56 Å². The largest absolute Gasteiger partial charge is 0.396 e. The highest BCUT2D eigenvalue weighted by atomic mass is 16.5. The molecule has 1 atom stereocenters. The van der Waals surface area contributed by atoms with Crippen LogP contribution in [0.1, 0.15) is 12.0 Å². The van der Waals surface area contributed by atoms with E-state index in [0.717, 1.165) is 26.2 Å². The van der Waals surface area contributed by atoms with Crippen molar-refractivity contribution < 1.29 is 9.84 Å². The summed E-state index contributed by atoms with van der Waals surface area (Å²) in [4.78, 5) is 2.41. The Hall–Kier alpha value is -1.16. The van der Waals surface area contributed by atoms with E-state index in [1.807, 2.05) is 12.1 Å². The Morgan fingerprint density at radius 1 is 1.33 bits per heavy atom. The Balaban J connectivity index is 1.83. The van der Waals surface area contributed by atoms with Gasteiger partial charge in [0.15, 0.2) is 0 Å². The van der Waals surface area contributed by atoms with Crippen LogP contribution in [0.2, 0.25) is 0 Å². The SMILES string of the molecule is OCC/C=C/C1CN(Cc2ccccc2)CCO1. The average Bonchev–Trinajstić information content (AvgIpc) is 2.41. The van der Waals surface area contributed by atoms with E-state index >= 15 is 0 Å². The summed E-state index contributed by atoms with van der Waals surface area (Å²) < 4.78 is 5.68. The molecule has 3 heteroatoms. The van der Waals surface area contributed by atoms with Gasteiger partial charge in [0.25, 0.3) is 0 Å². The number of morpholine rings is 1. The summed E-state index contributed by atoms with van der Waals surface area (Å²) in [5.41, 5.74) is 1.34. The predicted molar refractivity (Wildman–Crippen MR) is 72.3 cm³/mol. The van der Waals surface area contributed by atoms with Gasteiger partial charge in [-0.1, -0.05) is 42.5 Å². The van der Waals surface area contributed by atoms with Crippen molar-refractivity contribution in [1.29, 1.82) is 0 Å². The number of aliphatic hydroxyl groups excluding tert-OH is 1. The fourth-order valence-corrected chi connectivity index (χ4v) is 2.16.